The van der Waals surface area contributed by atoms with Crippen LogP contribution in [-0.4, -0.2) is 32.8 Å². The van der Waals surface area contributed by atoms with Crippen molar-refractivity contribution in [2.45, 2.75) is 50.7 Å². The van der Waals surface area contributed by atoms with E-state index in [9.17, 15) is 13.2 Å². The fourth-order valence-corrected chi connectivity index (χ4v) is 3.42. The van der Waals surface area contributed by atoms with Crippen molar-refractivity contribution in [3.63, 3.8) is 0 Å². The number of amides is 1. The molecule has 0 fully saturated rings. The molecule has 0 spiro atoms. The summed E-state index contributed by atoms with van der Waals surface area (Å²) in [6.07, 6.45) is -0.214. The number of rotatable bonds is 7. The third-order valence-electron chi connectivity index (χ3n) is 3.78. The molecule has 0 unspecified atom stereocenters. The van der Waals surface area contributed by atoms with Crippen molar-refractivity contribution in [3.8, 4) is 0 Å². The summed E-state index contributed by atoms with van der Waals surface area (Å²) in [6, 6.07) is 15.3. The van der Waals surface area contributed by atoms with E-state index in [4.69, 9.17) is 8.92 Å². The summed E-state index contributed by atoms with van der Waals surface area (Å²) in [7, 11) is -3.93. The van der Waals surface area contributed by atoms with Crippen molar-refractivity contribution in [1.82, 2.24) is 5.32 Å². The van der Waals surface area contributed by atoms with Gasteiger partial charge in [0.1, 0.15) is 5.60 Å². The van der Waals surface area contributed by atoms with Crippen molar-refractivity contribution < 1.29 is 22.1 Å². The molecule has 2 aromatic rings. The van der Waals surface area contributed by atoms with Crippen LogP contribution in [0.15, 0.2) is 59.5 Å². The lowest BCUT2D eigenvalue weighted by Gasteiger charge is -2.23. The minimum Gasteiger partial charge on any atom is -0.444 e. The maximum Gasteiger partial charge on any atom is 0.407 e. The predicted octanol–water partition coefficient (Wildman–Crippen LogP) is 3.84. The van der Waals surface area contributed by atoms with Crippen LogP contribution in [0.2, 0.25) is 0 Å². The Kier molecular flexibility index (Phi) is 7.21. The first-order valence-corrected chi connectivity index (χ1v) is 10.5. The lowest BCUT2D eigenvalue weighted by Crippen LogP contribution is -2.43. The van der Waals surface area contributed by atoms with Gasteiger partial charge in [-0.1, -0.05) is 48.0 Å². The zero-order valence-corrected chi connectivity index (χ0v) is 17.5. The molecule has 1 atom stereocenters. The molecule has 0 heterocycles. The molecule has 0 saturated heterocycles. The van der Waals surface area contributed by atoms with Gasteiger partial charge in [0.2, 0.25) is 0 Å². The van der Waals surface area contributed by atoms with Crippen molar-refractivity contribution in [2.24, 2.45) is 0 Å². The van der Waals surface area contributed by atoms with Crippen molar-refractivity contribution in [2.75, 3.05) is 6.61 Å². The molecule has 2 rings (SSSR count). The predicted molar refractivity (Wildman–Crippen MR) is 108 cm³/mol. The highest BCUT2D eigenvalue weighted by Crippen LogP contribution is 2.15. The van der Waals surface area contributed by atoms with Crippen LogP contribution >= 0.6 is 0 Å². The summed E-state index contributed by atoms with van der Waals surface area (Å²) in [5.41, 5.74) is 1.24. The number of nitrogens with one attached hydrogen (secondary N) is 1. The van der Waals surface area contributed by atoms with Gasteiger partial charge in [-0.25, -0.2) is 4.79 Å². The fourth-order valence-electron chi connectivity index (χ4n) is 2.47. The zero-order valence-electron chi connectivity index (χ0n) is 16.6. The second-order valence-electron chi connectivity index (χ2n) is 7.58. The summed E-state index contributed by atoms with van der Waals surface area (Å²) in [6.45, 7) is 6.95. The first-order valence-electron chi connectivity index (χ1n) is 9.05. The average Bonchev–Trinajstić information content (AvgIpc) is 2.59. The molecule has 0 radical (unpaired) electrons. The molecule has 0 saturated carbocycles. The number of carbonyl (C=O) groups excluding carboxylic acids is 1. The Labute approximate surface area is 167 Å². The molecule has 0 aliphatic carbocycles. The Morgan fingerprint density at radius 2 is 1.64 bits per heavy atom. The normalized spacial score (nSPS) is 13.0. The van der Waals surface area contributed by atoms with Gasteiger partial charge in [-0.05, 0) is 51.8 Å². The molecular weight excluding hydrogens is 378 g/mol. The van der Waals surface area contributed by atoms with E-state index in [0.29, 0.717) is 6.42 Å². The van der Waals surface area contributed by atoms with Crippen molar-refractivity contribution >= 4 is 16.2 Å². The molecule has 28 heavy (non-hydrogen) atoms. The van der Waals surface area contributed by atoms with Crippen LogP contribution < -0.4 is 5.32 Å². The molecule has 7 heteroatoms. The standard InChI is InChI=1S/C21H27NO5S/c1-16-10-12-19(13-11-16)28(24,25)26-15-18(14-17-8-6-5-7-9-17)22-20(23)27-21(2,3)4/h5-13,18H,14-15H2,1-4H3,(H,22,23)/t18-/m1/s1. The maximum absolute atomic E-state index is 12.4. The van der Waals surface area contributed by atoms with Gasteiger partial charge in [-0.2, -0.15) is 8.42 Å². The van der Waals surface area contributed by atoms with Crippen LogP contribution in [0, 0.1) is 6.92 Å². The fraction of sp³-hybridized carbons (Fsp3) is 0.381. The van der Waals surface area contributed by atoms with Crippen LogP contribution in [0.3, 0.4) is 0 Å². The third-order valence-corrected chi connectivity index (χ3v) is 5.08. The average molecular weight is 406 g/mol. The highest BCUT2D eigenvalue weighted by atomic mass is 32.2. The minimum absolute atomic E-state index is 0.0776. The van der Waals surface area contributed by atoms with E-state index >= 15 is 0 Å². The number of carbonyl (C=O) groups is 1. The molecule has 0 aliphatic heterocycles. The number of alkyl carbamates (subject to hydrolysis) is 1. The second kappa shape index (κ2) is 9.21. The van der Waals surface area contributed by atoms with Gasteiger partial charge >= 0.3 is 6.09 Å². The van der Waals surface area contributed by atoms with Crippen LogP contribution in [-0.2, 0) is 25.5 Å². The van der Waals surface area contributed by atoms with E-state index in [-0.39, 0.29) is 11.5 Å². The molecule has 1 amide bonds. The first kappa shape index (κ1) is 21.9. The van der Waals surface area contributed by atoms with Crippen LogP contribution in [0.25, 0.3) is 0 Å². The van der Waals surface area contributed by atoms with Crippen LogP contribution in [0.4, 0.5) is 4.79 Å². The Morgan fingerprint density at radius 1 is 1.04 bits per heavy atom. The van der Waals surface area contributed by atoms with Gasteiger partial charge < -0.3 is 10.1 Å². The second-order valence-corrected chi connectivity index (χ2v) is 9.20. The molecular formula is C21H27NO5S. The highest BCUT2D eigenvalue weighted by Gasteiger charge is 2.23. The lowest BCUT2D eigenvalue weighted by molar-refractivity contribution is 0.0488. The summed E-state index contributed by atoms with van der Waals surface area (Å²) in [5, 5.41) is 2.70. The Morgan fingerprint density at radius 3 is 2.21 bits per heavy atom. The Bertz CT molecular complexity index is 871. The topological polar surface area (TPSA) is 81.7 Å². The van der Waals surface area contributed by atoms with Gasteiger partial charge in [-0.15, -0.1) is 0 Å². The van der Waals surface area contributed by atoms with Gasteiger partial charge in [0, 0.05) is 0 Å². The van der Waals surface area contributed by atoms with E-state index in [2.05, 4.69) is 5.32 Å². The van der Waals surface area contributed by atoms with Gasteiger partial charge in [0.25, 0.3) is 10.1 Å². The van der Waals surface area contributed by atoms with Crippen molar-refractivity contribution in [1.29, 1.82) is 0 Å². The van der Waals surface area contributed by atoms with E-state index < -0.39 is 27.9 Å². The molecule has 0 aliphatic rings. The molecule has 2 aromatic carbocycles. The van der Waals surface area contributed by atoms with E-state index in [1.54, 1.807) is 32.9 Å². The minimum atomic E-state index is -3.93. The van der Waals surface area contributed by atoms with Crippen LogP contribution in [0.5, 0.6) is 0 Å². The van der Waals surface area contributed by atoms with Crippen molar-refractivity contribution in [3.05, 3.63) is 65.7 Å². The summed E-state index contributed by atoms with van der Waals surface area (Å²) in [4.78, 5) is 12.2. The first-order chi connectivity index (χ1) is 13.0. The van der Waals surface area contributed by atoms with Crippen LogP contribution in [0.1, 0.15) is 31.9 Å². The Hall–Kier alpha value is -2.38. The molecule has 1 N–H and O–H groups in total. The third kappa shape index (κ3) is 7.32. The van der Waals surface area contributed by atoms with E-state index in [0.717, 1.165) is 11.1 Å². The number of ether oxygens (including phenoxy) is 1. The molecule has 6 nitrogen and oxygen atoms in total. The smallest absolute Gasteiger partial charge is 0.407 e. The quantitative estimate of drug-likeness (QED) is 0.708. The molecule has 0 aromatic heterocycles. The number of hydrogen-bond donors (Lipinski definition) is 1. The highest BCUT2D eigenvalue weighted by molar-refractivity contribution is 7.86. The molecule has 0 bridgehead atoms. The van der Waals surface area contributed by atoms with Gasteiger partial charge in [0.05, 0.1) is 17.5 Å². The largest absolute Gasteiger partial charge is 0.444 e. The lowest BCUT2D eigenvalue weighted by atomic mass is 10.1. The maximum atomic E-state index is 12.4. The van der Waals surface area contributed by atoms with Gasteiger partial charge in [-0.3, -0.25) is 4.18 Å². The summed E-state index contributed by atoms with van der Waals surface area (Å²) < 4.78 is 35.4. The number of hydrogen-bond acceptors (Lipinski definition) is 5. The number of aryl methyl sites for hydroxylation is 1. The van der Waals surface area contributed by atoms with Gasteiger partial charge in [0.15, 0.2) is 0 Å². The number of benzene rings is 2. The summed E-state index contributed by atoms with van der Waals surface area (Å²) in [5.74, 6) is 0. The zero-order chi connectivity index (χ0) is 20.8. The van der Waals surface area contributed by atoms with E-state index in [1.807, 2.05) is 37.3 Å². The Balaban J connectivity index is 2.09. The monoisotopic (exact) mass is 405 g/mol. The summed E-state index contributed by atoms with van der Waals surface area (Å²) >= 11 is 0. The SMILES string of the molecule is Cc1ccc(S(=O)(=O)OC[C@@H](Cc2ccccc2)NC(=O)OC(C)(C)C)cc1. The molecule has 152 valence electrons. The van der Waals surface area contributed by atoms with E-state index in [1.165, 1.54) is 12.1 Å².